The molecule has 104 valence electrons. The van der Waals surface area contributed by atoms with Gasteiger partial charge in [-0.1, -0.05) is 36.8 Å². The lowest BCUT2D eigenvalue weighted by Crippen LogP contribution is -2.36. The minimum Gasteiger partial charge on any atom is -0.335 e. The highest BCUT2D eigenvalue weighted by molar-refractivity contribution is 5.77. The predicted molar refractivity (Wildman–Crippen MR) is 77.6 cm³/mol. The molecule has 0 aliphatic heterocycles. The molecule has 2 rings (SSSR count). The van der Waals surface area contributed by atoms with Crippen LogP contribution in [0, 0.1) is 6.92 Å². The zero-order valence-electron chi connectivity index (χ0n) is 11.9. The number of benzene rings is 1. The van der Waals surface area contributed by atoms with Gasteiger partial charge in [0.15, 0.2) is 0 Å². The minimum atomic E-state index is -0.00809. The van der Waals surface area contributed by atoms with Gasteiger partial charge in [0, 0.05) is 25.0 Å². The second-order valence-electron chi connectivity index (χ2n) is 5.61. The standard InChI is InChI=1S/C16H24N2O/c1-3-14(17)10-16(19)18(15-7-8-15)11-13-6-4-5-12(2)9-13/h4-6,9,14-15H,3,7-8,10-11,17H2,1-2H3. The highest BCUT2D eigenvalue weighted by atomic mass is 16.2. The molecular weight excluding hydrogens is 236 g/mol. The van der Waals surface area contributed by atoms with Gasteiger partial charge in [0.05, 0.1) is 0 Å². The molecule has 1 amide bonds. The molecule has 0 spiro atoms. The minimum absolute atomic E-state index is 0.00809. The summed E-state index contributed by atoms with van der Waals surface area (Å²) in [7, 11) is 0. The number of aryl methyl sites for hydroxylation is 1. The summed E-state index contributed by atoms with van der Waals surface area (Å²) in [4.78, 5) is 14.3. The molecule has 0 bridgehead atoms. The smallest absolute Gasteiger partial charge is 0.224 e. The van der Waals surface area contributed by atoms with Crippen LogP contribution in [0.4, 0.5) is 0 Å². The van der Waals surface area contributed by atoms with Crippen LogP contribution >= 0.6 is 0 Å². The van der Waals surface area contributed by atoms with Crippen molar-refractivity contribution in [1.82, 2.24) is 4.90 Å². The molecule has 3 nitrogen and oxygen atoms in total. The van der Waals surface area contributed by atoms with Gasteiger partial charge in [-0.15, -0.1) is 0 Å². The molecule has 0 radical (unpaired) electrons. The Balaban J connectivity index is 2.02. The molecule has 19 heavy (non-hydrogen) atoms. The number of rotatable bonds is 6. The maximum Gasteiger partial charge on any atom is 0.224 e. The molecule has 1 aliphatic rings. The third-order valence-corrected chi connectivity index (χ3v) is 3.70. The van der Waals surface area contributed by atoms with Crippen LogP contribution in [0.1, 0.15) is 43.7 Å². The molecule has 1 atom stereocenters. The Hall–Kier alpha value is -1.35. The van der Waals surface area contributed by atoms with E-state index < -0.39 is 0 Å². The first-order valence-electron chi connectivity index (χ1n) is 7.20. The third-order valence-electron chi connectivity index (χ3n) is 3.70. The Morgan fingerprint density at radius 2 is 2.21 bits per heavy atom. The second-order valence-corrected chi connectivity index (χ2v) is 5.61. The van der Waals surface area contributed by atoms with Gasteiger partial charge < -0.3 is 10.6 Å². The molecule has 3 heteroatoms. The maximum atomic E-state index is 12.3. The van der Waals surface area contributed by atoms with Gasteiger partial charge in [-0.2, -0.15) is 0 Å². The van der Waals surface area contributed by atoms with Crippen molar-refractivity contribution in [3.05, 3.63) is 35.4 Å². The summed E-state index contributed by atoms with van der Waals surface area (Å²) in [5.41, 5.74) is 8.36. The van der Waals surface area contributed by atoms with E-state index in [2.05, 4.69) is 31.2 Å². The van der Waals surface area contributed by atoms with E-state index in [0.717, 1.165) is 25.8 Å². The summed E-state index contributed by atoms with van der Waals surface area (Å²) in [6.45, 7) is 4.83. The van der Waals surface area contributed by atoms with Crippen molar-refractivity contribution in [3.8, 4) is 0 Å². The van der Waals surface area contributed by atoms with Crippen molar-refractivity contribution in [2.75, 3.05) is 0 Å². The third kappa shape index (κ3) is 4.06. The van der Waals surface area contributed by atoms with E-state index in [1.165, 1.54) is 11.1 Å². The molecular formula is C16H24N2O. The van der Waals surface area contributed by atoms with Gasteiger partial charge in [-0.05, 0) is 31.7 Å². The van der Waals surface area contributed by atoms with E-state index >= 15 is 0 Å². The van der Waals surface area contributed by atoms with Crippen molar-refractivity contribution >= 4 is 5.91 Å². The van der Waals surface area contributed by atoms with Crippen LogP contribution in [-0.4, -0.2) is 22.9 Å². The number of amides is 1. The van der Waals surface area contributed by atoms with Crippen molar-refractivity contribution in [1.29, 1.82) is 0 Å². The number of nitrogens with two attached hydrogens (primary N) is 1. The first-order chi connectivity index (χ1) is 9.10. The van der Waals surface area contributed by atoms with Gasteiger partial charge in [0.1, 0.15) is 0 Å². The van der Waals surface area contributed by atoms with Gasteiger partial charge in [-0.25, -0.2) is 0 Å². The summed E-state index contributed by atoms with van der Waals surface area (Å²) in [5.74, 6) is 0.207. The van der Waals surface area contributed by atoms with E-state index in [0.29, 0.717) is 12.5 Å². The van der Waals surface area contributed by atoms with Gasteiger partial charge in [0.2, 0.25) is 5.91 Å². The zero-order chi connectivity index (χ0) is 13.8. The molecule has 1 fully saturated rings. The monoisotopic (exact) mass is 260 g/mol. The second kappa shape index (κ2) is 6.20. The normalized spacial score (nSPS) is 16.2. The van der Waals surface area contributed by atoms with Crippen molar-refractivity contribution < 1.29 is 4.79 Å². The van der Waals surface area contributed by atoms with Gasteiger partial charge >= 0.3 is 0 Å². The Kier molecular flexibility index (Phi) is 4.59. The quantitative estimate of drug-likeness (QED) is 0.854. The number of hydrogen-bond acceptors (Lipinski definition) is 2. The lowest BCUT2D eigenvalue weighted by Gasteiger charge is -2.24. The van der Waals surface area contributed by atoms with E-state index in [1.54, 1.807) is 0 Å². The molecule has 1 aliphatic carbocycles. The molecule has 1 aromatic carbocycles. The Morgan fingerprint density at radius 3 is 2.79 bits per heavy atom. The van der Waals surface area contributed by atoms with Crippen molar-refractivity contribution in [2.24, 2.45) is 5.73 Å². The average Bonchev–Trinajstić information content (AvgIpc) is 3.20. The molecule has 1 unspecified atom stereocenters. The molecule has 0 saturated heterocycles. The number of carbonyl (C=O) groups excluding carboxylic acids is 1. The first-order valence-corrected chi connectivity index (χ1v) is 7.20. The SMILES string of the molecule is CCC(N)CC(=O)N(Cc1cccc(C)c1)C1CC1. The zero-order valence-corrected chi connectivity index (χ0v) is 11.9. The average molecular weight is 260 g/mol. The topological polar surface area (TPSA) is 46.3 Å². The van der Waals surface area contributed by atoms with E-state index in [-0.39, 0.29) is 11.9 Å². The predicted octanol–water partition coefficient (Wildman–Crippen LogP) is 2.61. The fourth-order valence-corrected chi connectivity index (χ4v) is 2.30. The van der Waals surface area contributed by atoms with Gasteiger partial charge in [-0.3, -0.25) is 4.79 Å². The number of hydrogen-bond donors (Lipinski definition) is 1. The van der Waals surface area contributed by atoms with Crippen molar-refractivity contribution in [3.63, 3.8) is 0 Å². The van der Waals surface area contributed by atoms with E-state index in [1.807, 2.05) is 11.8 Å². The van der Waals surface area contributed by atoms with Crippen LogP contribution in [0.5, 0.6) is 0 Å². The molecule has 1 aromatic rings. The molecule has 0 heterocycles. The summed E-state index contributed by atoms with van der Waals surface area (Å²) < 4.78 is 0. The summed E-state index contributed by atoms with van der Waals surface area (Å²) in [6.07, 6.45) is 3.60. The Bertz CT molecular complexity index is 440. The summed E-state index contributed by atoms with van der Waals surface area (Å²) in [6, 6.07) is 8.82. The highest BCUT2D eigenvalue weighted by Gasteiger charge is 2.32. The first kappa shape index (κ1) is 14.1. The van der Waals surface area contributed by atoms with E-state index in [4.69, 9.17) is 5.73 Å². The largest absolute Gasteiger partial charge is 0.335 e. The Morgan fingerprint density at radius 1 is 1.47 bits per heavy atom. The number of nitrogens with zero attached hydrogens (tertiary/aromatic N) is 1. The highest BCUT2D eigenvalue weighted by Crippen LogP contribution is 2.29. The fourth-order valence-electron chi connectivity index (χ4n) is 2.30. The van der Waals surface area contributed by atoms with Gasteiger partial charge in [0.25, 0.3) is 0 Å². The lowest BCUT2D eigenvalue weighted by atomic mass is 10.1. The summed E-state index contributed by atoms with van der Waals surface area (Å²) >= 11 is 0. The molecule has 2 N–H and O–H groups in total. The van der Waals surface area contributed by atoms with Crippen molar-refractivity contribution in [2.45, 2.75) is 58.2 Å². The fraction of sp³-hybridized carbons (Fsp3) is 0.562. The Labute approximate surface area is 115 Å². The van der Waals surface area contributed by atoms with E-state index in [9.17, 15) is 4.79 Å². The van der Waals surface area contributed by atoms with Crippen LogP contribution in [0.25, 0.3) is 0 Å². The lowest BCUT2D eigenvalue weighted by molar-refractivity contribution is -0.132. The molecule has 0 aromatic heterocycles. The van der Waals surface area contributed by atoms with Crippen LogP contribution in [0.2, 0.25) is 0 Å². The number of carbonyl (C=O) groups is 1. The summed E-state index contributed by atoms with van der Waals surface area (Å²) in [5, 5.41) is 0. The van der Waals surface area contributed by atoms with Crippen LogP contribution in [-0.2, 0) is 11.3 Å². The molecule has 1 saturated carbocycles. The maximum absolute atomic E-state index is 12.3. The van der Waals surface area contributed by atoms with Crippen LogP contribution in [0.15, 0.2) is 24.3 Å². The van der Waals surface area contributed by atoms with Crippen LogP contribution < -0.4 is 5.73 Å². The van der Waals surface area contributed by atoms with Crippen LogP contribution in [0.3, 0.4) is 0 Å².